The highest BCUT2D eigenvalue weighted by atomic mass is 35.5. The third kappa shape index (κ3) is 3.52. The minimum atomic E-state index is -0.316. The second kappa shape index (κ2) is 5.94. The predicted molar refractivity (Wildman–Crippen MR) is 70.9 cm³/mol. The number of benzene rings is 1. The van der Waals surface area contributed by atoms with E-state index >= 15 is 0 Å². The van der Waals surface area contributed by atoms with Gasteiger partial charge in [-0.3, -0.25) is 4.98 Å². The molecule has 1 aromatic carbocycles. The van der Waals surface area contributed by atoms with E-state index in [4.69, 9.17) is 11.6 Å². The maximum absolute atomic E-state index is 12.7. The molecule has 2 aromatic rings. The number of hydrogen-bond acceptors (Lipinski definition) is 2. The smallest absolute Gasteiger partial charge is 0.141 e. The first kappa shape index (κ1) is 13.0. The van der Waals surface area contributed by atoms with Crippen molar-refractivity contribution >= 4 is 11.6 Å². The van der Waals surface area contributed by atoms with Crippen LogP contribution in [0.15, 0.2) is 42.6 Å². The van der Waals surface area contributed by atoms with Gasteiger partial charge in [0, 0.05) is 17.6 Å². The number of halogens is 2. The van der Waals surface area contributed by atoms with Crippen molar-refractivity contribution in [3.63, 3.8) is 0 Å². The van der Waals surface area contributed by atoms with Crippen molar-refractivity contribution in [3.8, 4) is 0 Å². The lowest BCUT2D eigenvalue weighted by Crippen LogP contribution is -2.19. The fourth-order valence-electron chi connectivity index (χ4n) is 1.62. The Balaban J connectivity index is 1.93. The van der Waals surface area contributed by atoms with Crippen LogP contribution in [0.1, 0.15) is 24.2 Å². The average molecular weight is 265 g/mol. The fourth-order valence-corrected chi connectivity index (χ4v) is 1.75. The van der Waals surface area contributed by atoms with Crippen molar-refractivity contribution in [2.24, 2.45) is 0 Å². The molecule has 0 fully saturated rings. The van der Waals surface area contributed by atoms with Crippen molar-refractivity contribution in [1.82, 2.24) is 10.3 Å². The van der Waals surface area contributed by atoms with Gasteiger partial charge in [0.2, 0.25) is 0 Å². The summed E-state index contributed by atoms with van der Waals surface area (Å²) in [6.45, 7) is 2.72. The van der Waals surface area contributed by atoms with Gasteiger partial charge in [0.05, 0.1) is 11.9 Å². The quantitative estimate of drug-likeness (QED) is 0.910. The van der Waals surface area contributed by atoms with Gasteiger partial charge in [-0.15, -0.1) is 0 Å². The van der Waals surface area contributed by atoms with Gasteiger partial charge in [-0.25, -0.2) is 4.39 Å². The normalized spacial score (nSPS) is 12.4. The molecular formula is C14H14ClFN2. The van der Waals surface area contributed by atoms with Crippen LogP contribution in [0.4, 0.5) is 4.39 Å². The van der Waals surface area contributed by atoms with Crippen molar-refractivity contribution in [3.05, 3.63) is 64.7 Å². The minimum Gasteiger partial charge on any atom is -0.305 e. The largest absolute Gasteiger partial charge is 0.305 e. The Kier molecular flexibility index (Phi) is 4.28. The van der Waals surface area contributed by atoms with Crippen LogP contribution >= 0.6 is 11.6 Å². The lowest BCUT2D eigenvalue weighted by molar-refractivity contribution is 0.554. The van der Waals surface area contributed by atoms with Gasteiger partial charge in [-0.1, -0.05) is 23.7 Å². The zero-order chi connectivity index (χ0) is 13.0. The summed E-state index contributed by atoms with van der Waals surface area (Å²) in [6, 6.07) is 10.8. The maximum atomic E-state index is 12.7. The molecule has 1 heterocycles. The molecule has 0 saturated heterocycles. The van der Waals surface area contributed by atoms with Crippen molar-refractivity contribution in [2.45, 2.75) is 19.5 Å². The van der Waals surface area contributed by atoms with Crippen LogP contribution in [0.25, 0.3) is 0 Å². The summed E-state index contributed by atoms with van der Waals surface area (Å²) in [5, 5.41) is 4.05. The Hall–Kier alpha value is -1.45. The van der Waals surface area contributed by atoms with E-state index in [1.54, 1.807) is 6.07 Å². The lowest BCUT2D eigenvalue weighted by atomic mass is 10.2. The van der Waals surface area contributed by atoms with E-state index in [1.165, 1.54) is 12.3 Å². The molecule has 0 aliphatic heterocycles. The number of pyridine rings is 1. The summed E-state index contributed by atoms with van der Waals surface area (Å²) >= 11 is 5.82. The van der Waals surface area contributed by atoms with Crippen molar-refractivity contribution < 1.29 is 4.39 Å². The molecule has 0 bridgehead atoms. The van der Waals surface area contributed by atoms with Crippen molar-refractivity contribution in [2.75, 3.05) is 0 Å². The molecule has 1 N–H and O–H groups in total. The summed E-state index contributed by atoms with van der Waals surface area (Å²) in [5.41, 5.74) is 1.97. The molecule has 1 unspecified atom stereocenters. The van der Waals surface area contributed by atoms with Gasteiger partial charge < -0.3 is 5.32 Å². The molecule has 1 atom stereocenters. The summed E-state index contributed by atoms with van der Waals surface area (Å²) < 4.78 is 12.7. The van der Waals surface area contributed by atoms with E-state index < -0.39 is 0 Å². The van der Waals surface area contributed by atoms with Crippen LogP contribution in [0, 0.1) is 5.82 Å². The van der Waals surface area contributed by atoms with E-state index in [1.807, 2.05) is 31.2 Å². The molecule has 0 amide bonds. The summed E-state index contributed by atoms with van der Waals surface area (Å²) in [4.78, 5) is 4.05. The Bertz CT molecular complexity index is 496. The van der Waals surface area contributed by atoms with Crippen LogP contribution < -0.4 is 5.32 Å². The number of hydrogen-bond donors (Lipinski definition) is 1. The first-order valence-corrected chi connectivity index (χ1v) is 6.12. The predicted octanol–water partition coefficient (Wildman–Crippen LogP) is 3.72. The van der Waals surface area contributed by atoms with Gasteiger partial charge in [0.15, 0.2) is 0 Å². The number of aromatic nitrogens is 1. The van der Waals surface area contributed by atoms with E-state index in [9.17, 15) is 4.39 Å². The molecule has 94 valence electrons. The highest BCUT2D eigenvalue weighted by Crippen LogP contribution is 2.12. The van der Waals surface area contributed by atoms with Crippen LogP contribution in [-0.2, 0) is 6.54 Å². The molecule has 4 heteroatoms. The molecular weight excluding hydrogens is 251 g/mol. The van der Waals surface area contributed by atoms with Crippen LogP contribution in [0.3, 0.4) is 0 Å². The van der Waals surface area contributed by atoms with Crippen molar-refractivity contribution in [1.29, 1.82) is 0 Å². The van der Waals surface area contributed by atoms with Gasteiger partial charge in [-0.2, -0.15) is 0 Å². The zero-order valence-electron chi connectivity index (χ0n) is 10.0. The molecule has 18 heavy (non-hydrogen) atoms. The first-order chi connectivity index (χ1) is 8.65. The standard InChI is InChI=1S/C14H14ClFN2/c1-10(14-7-6-13(16)9-18-14)17-8-11-2-4-12(15)5-3-11/h2-7,9-10,17H,8H2,1H3. The second-order valence-electron chi connectivity index (χ2n) is 4.13. The summed E-state index contributed by atoms with van der Waals surface area (Å²) in [7, 11) is 0. The molecule has 0 radical (unpaired) electrons. The minimum absolute atomic E-state index is 0.0706. The summed E-state index contributed by atoms with van der Waals surface area (Å²) in [5.74, 6) is -0.316. The molecule has 2 nitrogen and oxygen atoms in total. The second-order valence-corrected chi connectivity index (χ2v) is 4.57. The SMILES string of the molecule is CC(NCc1ccc(Cl)cc1)c1ccc(F)cn1. The number of nitrogens with one attached hydrogen (secondary N) is 1. The van der Waals surface area contributed by atoms with Gasteiger partial charge >= 0.3 is 0 Å². The molecule has 0 aliphatic rings. The van der Waals surface area contributed by atoms with Crippen LogP contribution in [0.5, 0.6) is 0 Å². The Labute approximate surface area is 111 Å². The highest BCUT2D eigenvalue weighted by Gasteiger charge is 2.06. The van der Waals surface area contributed by atoms with Gasteiger partial charge in [-0.05, 0) is 36.8 Å². The Morgan fingerprint density at radius 3 is 2.56 bits per heavy atom. The lowest BCUT2D eigenvalue weighted by Gasteiger charge is -2.13. The molecule has 2 rings (SSSR count). The Morgan fingerprint density at radius 1 is 1.22 bits per heavy atom. The van der Waals surface area contributed by atoms with Gasteiger partial charge in [0.1, 0.15) is 5.82 Å². The fraction of sp³-hybridized carbons (Fsp3) is 0.214. The van der Waals surface area contributed by atoms with Gasteiger partial charge in [0.25, 0.3) is 0 Å². The third-order valence-electron chi connectivity index (χ3n) is 2.72. The Morgan fingerprint density at radius 2 is 1.94 bits per heavy atom. The highest BCUT2D eigenvalue weighted by molar-refractivity contribution is 6.30. The molecule has 0 saturated carbocycles. The van der Waals surface area contributed by atoms with Crippen LogP contribution in [0.2, 0.25) is 5.02 Å². The van der Waals surface area contributed by atoms with E-state index in [2.05, 4.69) is 10.3 Å². The monoisotopic (exact) mass is 264 g/mol. The molecule has 1 aromatic heterocycles. The van der Waals surface area contributed by atoms with E-state index in [0.717, 1.165) is 22.8 Å². The van der Waals surface area contributed by atoms with E-state index in [-0.39, 0.29) is 11.9 Å². The average Bonchev–Trinajstić information content (AvgIpc) is 2.38. The topological polar surface area (TPSA) is 24.9 Å². The van der Waals surface area contributed by atoms with Crippen LogP contribution in [-0.4, -0.2) is 4.98 Å². The van der Waals surface area contributed by atoms with E-state index in [0.29, 0.717) is 0 Å². The summed E-state index contributed by atoms with van der Waals surface area (Å²) in [6.07, 6.45) is 1.23. The number of rotatable bonds is 4. The third-order valence-corrected chi connectivity index (χ3v) is 2.97. The molecule has 0 spiro atoms. The first-order valence-electron chi connectivity index (χ1n) is 5.74. The molecule has 0 aliphatic carbocycles. The zero-order valence-corrected chi connectivity index (χ0v) is 10.8. The number of nitrogens with zero attached hydrogens (tertiary/aromatic N) is 1. The maximum Gasteiger partial charge on any atom is 0.141 e.